The molecular weight excluding hydrogens is 252 g/mol. The highest BCUT2D eigenvalue weighted by molar-refractivity contribution is 5.76. The third-order valence-electron chi connectivity index (χ3n) is 4.99. The van der Waals surface area contributed by atoms with E-state index in [0.29, 0.717) is 18.3 Å². The number of carbonyl (C=O) groups excluding carboxylic acids is 1. The number of aryl methyl sites for hydroxylation is 1. The van der Waals surface area contributed by atoms with Crippen LogP contribution in [0.3, 0.4) is 0 Å². The Balaban J connectivity index is 1.51. The van der Waals surface area contributed by atoms with Crippen molar-refractivity contribution in [2.75, 3.05) is 6.61 Å². The van der Waals surface area contributed by atoms with Crippen LogP contribution in [0.25, 0.3) is 0 Å². The van der Waals surface area contributed by atoms with Gasteiger partial charge in [-0.3, -0.25) is 9.78 Å². The Morgan fingerprint density at radius 2 is 2.25 bits per heavy atom. The summed E-state index contributed by atoms with van der Waals surface area (Å²) in [5.41, 5.74) is 1.09. The lowest BCUT2D eigenvalue weighted by Crippen LogP contribution is -2.45. The molecule has 1 aromatic rings. The molecule has 1 aromatic heterocycles. The van der Waals surface area contributed by atoms with E-state index in [2.05, 4.69) is 10.3 Å². The van der Waals surface area contributed by atoms with Gasteiger partial charge in [0.25, 0.3) is 0 Å². The van der Waals surface area contributed by atoms with Gasteiger partial charge in [-0.25, -0.2) is 0 Å². The van der Waals surface area contributed by atoms with Gasteiger partial charge in [-0.1, -0.05) is 6.07 Å². The summed E-state index contributed by atoms with van der Waals surface area (Å²) < 4.78 is 0. The van der Waals surface area contributed by atoms with Crippen LogP contribution in [0.1, 0.15) is 31.2 Å². The van der Waals surface area contributed by atoms with Gasteiger partial charge in [-0.15, -0.1) is 0 Å². The number of amides is 1. The Labute approximate surface area is 119 Å². The Morgan fingerprint density at radius 3 is 3.00 bits per heavy atom. The molecule has 2 aliphatic carbocycles. The van der Waals surface area contributed by atoms with Crippen LogP contribution in [-0.2, 0) is 11.2 Å². The van der Waals surface area contributed by atoms with E-state index in [9.17, 15) is 9.90 Å². The summed E-state index contributed by atoms with van der Waals surface area (Å²) in [6.45, 7) is 0.203. The highest BCUT2D eigenvalue weighted by Gasteiger charge is 2.47. The summed E-state index contributed by atoms with van der Waals surface area (Å²) in [7, 11) is 0. The van der Waals surface area contributed by atoms with Crippen LogP contribution < -0.4 is 5.32 Å². The van der Waals surface area contributed by atoms with Gasteiger partial charge in [0.1, 0.15) is 0 Å². The molecule has 0 aromatic carbocycles. The normalized spacial score (nSPS) is 31.4. The Bertz CT molecular complexity index is 463. The topological polar surface area (TPSA) is 62.2 Å². The Morgan fingerprint density at radius 1 is 1.40 bits per heavy atom. The fourth-order valence-electron chi connectivity index (χ4n) is 3.96. The zero-order chi connectivity index (χ0) is 13.9. The van der Waals surface area contributed by atoms with Crippen LogP contribution in [0.2, 0.25) is 0 Å². The number of aliphatic hydroxyl groups is 1. The molecule has 0 aliphatic heterocycles. The number of hydrogen-bond donors (Lipinski definition) is 2. The fourth-order valence-corrected chi connectivity index (χ4v) is 3.96. The largest absolute Gasteiger partial charge is 0.396 e. The number of fused-ring (bicyclic) bond motifs is 2. The molecule has 2 N–H and O–H groups in total. The van der Waals surface area contributed by atoms with Crippen LogP contribution >= 0.6 is 0 Å². The number of hydrogen-bond acceptors (Lipinski definition) is 3. The molecule has 20 heavy (non-hydrogen) atoms. The van der Waals surface area contributed by atoms with Gasteiger partial charge in [0.2, 0.25) is 5.91 Å². The predicted molar refractivity (Wildman–Crippen MR) is 75.9 cm³/mol. The number of pyridine rings is 1. The molecule has 3 rings (SSSR count). The van der Waals surface area contributed by atoms with E-state index in [-0.39, 0.29) is 24.5 Å². The predicted octanol–water partition coefficient (Wildman–Crippen LogP) is 1.54. The quantitative estimate of drug-likeness (QED) is 0.856. The highest BCUT2D eigenvalue weighted by Crippen LogP contribution is 2.48. The van der Waals surface area contributed by atoms with E-state index in [4.69, 9.17) is 0 Å². The van der Waals surface area contributed by atoms with E-state index in [1.165, 1.54) is 19.3 Å². The van der Waals surface area contributed by atoms with Crippen LogP contribution in [-0.4, -0.2) is 28.6 Å². The van der Waals surface area contributed by atoms with Crippen molar-refractivity contribution in [3.05, 3.63) is 30.1 Å². The van der Waals surface area contributed by atoms with Crippen molar-refractivity contribution in [3.8, 4) is 0 Å². The Kier molecular flexibility index (Phi) is 4.01. The van der Waals surface area contributed by atoms with Crippen molar-refractivity contribution >= 4 is 5.91 Å². The van der Waals surface area contributed by atoms with Crippen molar-refractivity contribution in [1.82, 2.24) is 10.3 Å². The van der Waals surface area contributed by atoms with Crippen molar-refractivity contribution in [3.63, 3.8) is 0 Å². The third kappa shape index (κ3) is 2.70. The number of carbonyl (C=O) groups is 1. The molecule has 4 heteroatoms. The summed E-state index contributed by atoms with van der Waals surface area (Å²) in [5, 5.41) is 12.7. The van der Waals surface area contributed by atoms with E-state index in [1.807, 2.05) is 12.1 Å². The summed E-state index contributed by atoms with van der Waals surface area (Å²) in [4.78, 5) is 16.2. The summed E-state index contributed by atoms with van der Waals surface area (Å²) >= 11 is 0. The molecule has 4 nitrogen and oxygen atoms in total. The van der Waals surface area contributed by atoms with Gasteiger partial charge in [0.15, 0.2) is 0 Å². The second-order valence-electron chi connectivity index (χ2n) is 6.13. The first-order chi connectivity index (χ1) is 9.78. The van der Waals surface area contributed by atoms with Gasteiger partial charge in [-0.2, -0.15) is 0 Å². The van der Waals surface area contributed by atoms with E-state index in [0.717, 1.165) is 12.0 Å². The van der Waals surface area contributed by atoms with Crippen LogP contribution in [0.4, 0.5) is 0 Å². The maximum absolute atomic E-state index is 12.1. The molecule has 1 heterocycles. The zero-order valence-electron chi connectivity index (χ0n) is 11.7. The zero-order valence-corrected chi connectivity index (χ0v) is 11.7. The lowest BCUT2D eigenvalue weighted by Gasteiger charge is -2.30. The number of nitrogens with one attached hydrogen (secondary N) is 1. The smallest absolute Gasteiger partial charge is 0.220 e. The molecule has 0 spiro atoms. The minimum atomic E-state index is 0.102. The van der Waals surface area contributed by atoms with Crippen LogP contribution in [0.5, 0.6) is 0 Å². The monoisotopic (exact) mass is 274 g/mol. The van der Waals surface area contributed by atoms with Crippen LogP contribution in [0.15, 0.2) is 24.5 Å². The first-order valence-corrected chi connectivity index (χ1v) is 7.57. The highest BCUT2D eigenvalue weighted by atomic mass is 16.3. The first kappa shape index (κ1) is 13.6. The van der Waals surface area contributed by atoms with Gasteiger partial charge in [0.05, 0.1) is 0 Å². The number of aromatic nitrogens is 1. The molecule has 0 saturated heterocycles. The van der Waals surface area contributed by atoms with Crippen molar-refractivity contribution < 1.29 is 9.90 Å². The van der Waals surface area contributed by atoms with Crippen LogP contribution in [0, 0.1) is 17.8 Å². The van der Waals surface area contributed by atoms with E-state index < -0.39 is 0 Å². The first-order valence-electron chi connectivity index (χ1n) is 7.57. The molecule has 2 aliphatic rings. The summed E-state index contributed by atoms with van der Waals surface area (Å²) in [6.07, 6.45) is 8.37. The average molecular weight is 274 g/mol. The van der Waals surface area contributed by atoms with Gasteiger partial charge < -0.3 is 10.4 Å². The molecule has 4 unspecified atom stereocenters. The van der Waals surface area contributed by atoms with E-state index >= 15 is 0 Å². The summed E-state index contributed by atoms with van der Waals surface area (Å²) in [6, 6.07) is 4.08. The van der Waals surface area contributed by atoms with Crippen molar-refractivity contribution in [2.45, 2.75) is 38.1 Å². The minimum absolute atomic E-state index is 0.102. The van der Waals surface area contributed by atoms with Gasteiger partial charge >= 0.3 is 0 Å². The van der Waals surface area contributed by atoms with Gasteiger partial charge in [-0.05, 0) is 49.1 Å². The fraction of sp³-hybridized carbons (Fsp3) is 0.625. The standard InChI is InChI=1S/C16H22N2O2/c19-10-14-12-4-5-13(8-12)16(14)18-15(20)6-3-11-2-1-7-17-9-11/h1-2,7,9,12-14,16,19H,3-6,8,10H2,(H,18,20). The average Bonchev–Trinajstić information content (AvgIpc) is 3.07. The molecule has 4 atom stereocenters. The second kappa shape index (κ2) is 5.92. The molecular formula is C16H22N2O2. The minimum Gasteiger partial charge on any atom is -0.396 e. The molecule has 2 saturated carbocycles. The maximum Gasteiger partial charge on any atom is 0.220 e. The summed E-state index contributed by atoms with van der Waals surface area (Å²) in [5.74, 6) is 1.58. The maximum atomic E-state index is 12.1. The molecule has 0 radical (unpaired) electrons. The van der Waals surface area contributed by atoms with Crippen molar-refractivity contribution in [2.24, 2.45) is 17.8 Å². The molecule has 1 amide bonds. The second-order valence-corrected chi connectivity index (χ2v) is 6.13. The third-order valence-corrected chi connectivity index (χ3v) is 4.99. The molecule has 2 bridgehead atoms. The lowest BCUT2D eigenvalue weighted by molar-refractivity contribution is -0.122. The van der Waals surface area contributed by atoms with Gasteiger partial charge in [0, 0.05) is 37.4 Å². The molecule has 108 valence electrons. The SMILES string of the molecule is O=C(CCc1cccnc1)NC1C2CCC(C2)C1CO. The molecule has 2 fully saturated rings. The lowest BCUT2D eigenvalue weighted by atomic mass is 9.85. The van der Waals surface area contributed by atoms with Crippen molar-refractivity contribution in [1.29, 1.82) is 0 Å². The number of rotatable bonds is 5. The number of aliphatic hydroxyl groups excluding tert-OH is 1. The number of nitrogens with zero attached hydrogens (tertiary/aromatic N) is 1. The Hall–Kier alpha value is -1.42. The van der Waals surface area contributed by atoms with E-state index in [1.54, 1.807) is 12.4 Å².